The molecule has 1 aromatic rings. The SMILES string of the molecule is C#CCOC(=O)c1cccc(Br)c1N. The molecule has 0 saturated carbocycles. The van der Waals surface area contributed by atoms with Gasteiger partial charge in [-0.1, -0.05) is 12.0 Å². The molecular weight excluding hydrogens is 246 g/mol. The third-order valence-electron chi connectivity index (χ3n) is 1.56. The van der Waals surface area contributed by atoms with Crippen molar-refractivity contribution in [3.8, 4) is 12.3 Å². The number of anilines is 1. The number of para-hydroxylation sites is 1. The van der Waals surface area contributed by atoms with Crippen LogP contribution in [-0.4, -0.2) is 12.6 Å². The minimum atomic E-state index is -0.512. The van der Waals surface area contributed by atoms with E-state index in [2.05, 4.69) is 21.9 Å². The van der Waals surface area contributed by atoms with Crippen molar-refractivity contribution in [1.29, 1.82) is 0 Å². The third-order valence-corrected chi connectivity index (χ3v) is 2.25. The molecule has 2 N–H and O–H groups in total. The van der Waals surface area contributed by atoms with Gasteiger partial charge < -0.3 is 10.5 Å². The van der Waals surface area contributed by atoms with Crippen molar-refractivity contribution in [3.05, 3.63) is 28.2 Å². The standard InChI is InChI=1S/C10H8BrNO2/c1-2-6-14-10(13)7-4-3-5-8(11)9(7)12/h1,3-5H,6,12H2. The molecular formula is C10H8BrNO2. The Morgan fingerprint density at radius 3 is 3.00 bits per heavy atom. The zero-order valence-electron chi connectivity index (χ0n) is 7.29. The monoisotopic (exact) mass is 253 g/mol. The predicted octanol–water partition coefficient (Wildman–Crippen LogP) is 1.82. The number of nitrogens with two attached hydrogens (primary N) is 1. The van der Waals surface area contributed by atoms with E-state index < -0.39 is 5.97 Å². The lowest BCUT2D eigenvalue weighted by Crippen LogP contribution is -2.08. The maximum atomic E-state index is 11.4. The molecule has 0 aliphatic rings. The maximum absolute atomic E-state index is 11.4. The summed E-state index contributed by atoms with van der Waals surface area (Å²) >= 11 is 3.21. The second-order valence-corrected chi connectivity index (χ2v) is 3.34. The van der Waals surface area contributed by atoms with Crippen molar-refractivity contribution in [2.24, 2.45) is 0 Å². The fourth-order valence-corrected chi connectivity index (χ4v) is 1.27. The molecule has 1 rings (SSSR count). The van der Waals surface area contributed by atoms with Crippen molar-refractivity contribution in [2.75, 3.05) is 12.3 Å². The maximum Gasteiger partial charge on any atom is 0.341 e. The molecule has 0 aliphatic heterocycles. The molecule has 4 heteroatoms. The lowest BCUT2D eigenvalue weighted by Gasteiger charge is -2.05. The summed E-state index contributed by atoms with van der Waals surface area (Å²) in [6, 6.07) is 5.03. The van der Waals surface area contributed by atoms with E-state index in [1.165, 1.54) is 0 Å². The number of rotatable bonds is 2. The Morgan fingerprint density at radius 2 is 2.36 bits per heavy atom. The number of terminal acetylenes is 1. The van der Waals surface area contributed by atoms with Crippen molar-refractivity contribution < 1.29 is 9.53 Å². The number of hydrogen-bond donors (Lipinski definition) is 1. The lowest BCUT2D eigenvalue weighted by atomic mass is 10.2. The molecule has 0 bridgehead atoms. The first-order valence-corrected chi connectivity index (χ1v) is 4.60. The summed E-state index contributed by atoms with van der Waals surface area (Å²) in [5.74, 6) is 1.69. The summed E-state index contributed by atoms with van der Waals surface area (Å²) in [6.45, 7) is -0.0508. The summed E-state index contributed by atoms with van der Waals surface area (Å²) in [7, 11) is 0. The van der Waals surface area contributed by atoms with Gasteiger partial charge in [0.25, 0.3) is 0 Å². The molecule has 1 aromatic carbocycles. The molecule has 0 fully saturated rings. The van der Waals surface area contributed by atoms with Crippen molar-refractivity contribution in [2.45, 2.75) is 0 Å². The number of nitrogen functional groups attached to an aromatic ring is 1. The van der Waals surface area contributed by atoms with E-state index in [1.807, 2.05) is 0 Å². The molecule has 3 nitrogen and oxygen atoms in total. The quantitative estimate of drug-likeness (QED) is 0.497. The topological polar surface area (TPSA) is 52.3 Å². The second kappa shape index (κ2) is 4.68. The van der Waals surface area contributed by atoms with Crippen molar-refractivity contribution >= 4 is 27.6 Å². The number of ether oxygens (including phenoxy) is 1. The highest BCUT2D eigenvalue weighted by molar-refractivity contribution is 9.10. The Hall–Kier alpha value is -1.47. The van der Waals surface area contributed by atoms with Crippen molar-refractivity contribution in [3.63, 3.8) is 0 Å². The van der Waals surface area contributed by atoms with Gasteiger partial charge in [-0.3, -0.25) is 0 Å². The van der Waals surface area contributed by atoms with Gasteiger partial charge >= 0.3 is 5.97 Å². The van der Waals surface area contributed by atoms with Crippen LogP contribution in [0, 0.1) is 12.3 Å². The van der Waals surface area contributed by atoms with E-state index in [-0.39, 0.29) is 6.61 Å². The first-order valence-electron chi connectivity index (χ1n) is 3.81. The van der Waals surface area contributed by atoms with Crippen LogP contribution in [0.1, 0.15) is 10.4 Å². The smallest absolute Gasteiger partial charge is 0.341 e. The highest BCUT2D eigenvalue weighted by Crippen LogP contribution is 2.23. The normalized spacial score (nSPS) is 9.14. The predicted molar refractivity (Wildman–Crippen MR) is 57.7 cm³/mol. The van der Waals surface area contributed by atoms with Gasteiger partial charge in [0.1, 0.15) is 0 Å². The van der Waals surface area contributed by atoms with Crippen LogP contribution in [-0.2, 0) is 4.74 Å². The van der Waals surface area contributed by atoms with Crippen LogP contribution in [0.5, 0.6) is 0 Å². The van der Waals surface area contributed by atoms with Gasteiger partial charge in [-0.05, 0) is 28.1 Å². The first-order chi connectivity index (χ1) is 6.66. The second-order valence-electron chi connectivity index (χ2n) is 2.48. The summed E-state index contributed by atoms with van der Waals surface area (Å²) in [5.41, 5.74) is 6.33. The van der Waals surface area contributed by atoms with E-state index in [1.54, 1.807) is 18.2 Å². The summed E-state index contributed by atoms with van der Waals surface area (Å²) in [4.78, 5) is 11.4. The highest BCUT2D eigenvalue weighted by Gasteiger charge is 2.11. The van der Waals surface area contributed by atoms with Crippen LogP contribution in [0.4, 0.5) is 5.69 Å². The van der Waals surface area contributed by atoms with E-state index in [0.717, 1.165) is 0 Å². The Bertz CT molecular complexity index is 396. The molecule has 0 aromatic heterocycles. The number of carbonyl (C=O) groups is 1. The molecule has 72 valence electrons. The van der Waals surface area contributed by atoms with Crippen LogP contribution in [0.3, 0.4) is 0 Å². The van der Waals surface area contributed by atoms with Gasteiger partial charge in [0.2, 0.25) is 0 Å². The molecule has 0 atom stereocenters. The number of halogens is 1. The third kappa shape index (κ3) is 2.27. The molecule has 0 heterocycles. The number of esters is 1. The van der Waals surface area contributed by atoms with E-state index in [4.69, 9.17) is 16.9 Å². The fourth-order valence-electron chi connectivity index (χ4n) is 0.900. The van der Waals surface area contributed by atoms with Crippen LogP contribution in [0.15, 0.2) is 22.7 Å². The zero-order chi connectivity index (χ0) is 10.6. The molecule has 0 amide bonds. The minimum absolute atomic E-state index is 0.0508. The molecule has 0 radical (unpaired) electrons. The van der Waals surface area contributed by atoms with Crippen LogP contribution in [0.25, 0.3) is 0 Å². The zero-order valence-corrected chi connectivity index (χ0v) is 8.87. The molecule has 0 aliphatic carbocycles. The van der Waals surface area contributed by atoms with Gasteiger partial charge in [0.15, 0.2) is 6.61 Å². The van der Waals surface area contributed by atoms with Gasteiger partial charge in [-0.2, -0.15) is 0 Å². The first kappa shape index (κ1) is 10.6. The molecule has 14 heavy (non-hydrogen) atoms. The molecule has 0 unspecified atom stereocenters. The average molecular weight is 254 g/mol. The van der Waals surface area contributed by atoms with Gasteiger partial charge in [-0.25, -0.2) is 4.79 Å². The van der Waals surface area contributed by atoms with Crippen LogP contribution >= 0.6 is 15.9 Å². The fraction of sp³-hybridized carbons (Fsp3) is 0.100. The van der Waals surface area contributed by atoms with Gasteiger partial charge in [0.05, 0.1) is 11.3 Å². The summed E-state index contributed by atoms with van der Waals surface area (Å²) < 4.78 is 5.40. The Kier molecular flexibility index (Phi) is 3.55. The number of hydrogen-bond acceptors (Lipinski definition) is 3. The van der Waals surface area contributed by atoms with E-state index >= 15 is 0 Å². The largest absolute Gasteiger partial charge is 0.449 e. The van der Waals surface area contributed by atoms with Crippen LogP contribution in [0.2, 0.25) is 0 Å². The molecule has 0 spiro atoms. The van der Waals surface area contributed by atoms with Gasteiger partial charge in [-0.15, -0.1) is 6.42 Å². The Labute approximate surface area is 90.4 Å². The number of carbonyl (C=O) groups excluding carboxylic acids is 1. The van der Waals surface area contributed by atoms with E-state index in [9.17, 15) is 4.79 Å². The van der Waals surface area contributed by atoms with Gasteiger partial charge in [0, 0.05) is 4.47 Å². The highest BCUT2D eigenvalue weighted by atomic mass is 79.9. The van der Waals surface area contributed by atoms with E-state index in [0.29, 0.717) is 15.7 Å². The minimum Gasteiger partial charge on any atom is -0.449 e. The average Bonchev–Trinajstić information content (AvgIpc) is 2.18. The molecule has 0 saturated heterocycles. The van der Waals surface area contributed by atoms with Crippen molar-refractivity contribution in [1.82, 2.24) is 0 Å². The Balaban J connectivity index is 2.91. The van der Waals surface area contributed by atoms with Crippen LogP contribution < -0.4 is 5.73 Å². The Morgan fingerprint density at radius 1 is 1.64 bits per heavy atom. The lowest BCUT2D eigenvalue weighted by molar-refractivity contribution is 0.0558. The summed E-state index contributed by atoms with van der Waals surface area (Å²) in [6.07, 6.45) is 4.96. The number of benzene rings is 1. The summed E-state index contributed by atoms with van der Waals surface area (Å²) in [5, 5.41) is 0.